The highest BCUT2D eigenvalue weighted by atomic mass is 32.2. The summed E-state index contributed by atoms with van der Waals surface area (Å²) >= 11 is 0. The summed E-state index contributed by atoms with van der Waals surface area (Å²) in [6.45, 7) is 6.04. The van der Waals surface area contributed by atoms with E-state index in [1.54, 1.807) is 43.3 Å². The molecular formula is C27H25N3O6S. The smallest absolute Gasteiger partial charge is 0.244 e. The van der Waals surface area contributed by atoms with E-state index in [1.807, 2.05) is 13.8 Å². The van der Waals surface area contributed by atoms with E-state index < -0.39 is 26.1 Å². The van der Waals surface area contributed by atoms with Gasteiger partial charge >= 0.3 is 0 Å². The van der Waals surface area contributed by atoms with Crippen molar-refractivity contribution in [3.8, 4) is 11.5 Å². The van der Waals surface area contributed by atoms with Crippen molar-refractivity contribution >= 4 is 32.5 Å². The molecule has 0 saturated carbocycles. The van der Waals surface area contributed by atoms with Gasteiger partial charge in [-0.3, -0.25) is 9.59 Å². The van der Waals surface area contributed by atoms with Crippen molar-refractivity contribution in [1.82, 2.24) is 9.55 Å². The third-order valence-corrected chi connectivity index (χ3v) is 7.99. The molecule has 1 amide bonds. The van der Waals surface area contributed by atoms with Crippen molar-refractivity contribution in [3.05, 3.63) is 81.8 Å². The number of benzene rings is 2. The van der Waals surface area contributed by atoms with Gasteiger partial charge in [-0.25, -0.2) is 13.4 Å². The number of amides is 1. The molecular weight excluding hydrogens is 494 g/mol. The maximum absolute atomic E-state index is 13.5. The van der Waals surface area contributed by atoms with Gasteiger partial charge in [-0.1, -0.05) is 6.07 Å². The van der Waals surface area contributed by atoms with Crippen LogP contribution in [0.25, 0.3) is 11.0 Å². The minimum Gasteiger partial charge on any atom is -0.486 e. The van der Waals surface area contributed by atoms with Crippen LogP contribution in [0.2, 0.25) is 0 Å². The van der Waals surface area contributed by atoms with Gasteiger partial charge < -0.3 is 19.4 Å². The summed E-state index contributed by atoms with van der Waals surface area (Å²) in [6, 6.07) is 12.9. The summed E-state index contributed by atoms with van der Waals surface area (Å²) in [5.41, 5.74) is 2.40. The van der Waals surface area contributed by atoms with Gasteiger partial charge in [-0.2, -0.15) is 0 Å². The zero-order chi connectivity index (χ0) is 26.3. The average molecular weight is 520 g/mol. The lowest BCUT2D eigenvalue weighted by Crippen LogP contribution is -2.24. The number of fused-ring (bicyclic) bond motifs is 2. The van der Waals surface area contributed by atoms with Gasteiger partial charge in [0.1, 0.15) is 30.3 Å². The first-order valence-electron chi connectivity index (χ1n) is 11.7. The van der Waals surface area contributed by atoms with Crippen molar-refractivity contribution < 1.29 is 22.7 Å². The lowest BCUT2D eigenvalue weighted by atomic mass is 10.1. The predicted octanol–water partition coefficient (Wildman–Crippen LogP) is 3.56. The van der Waals surface area contributed by atoms with Gasteiger partial charge in [0.05, 0.1) is 10.3 Å². The Morgan fingerprint density at radius 2 is 1.73 bits per heavy atom. The fourth-order valence-electron chi connectivity index (χ4n) is 4.13. The molecule has 190 valence electrons. The molecule has 4 aromatic rings. The van der Waals surface area contributed by atoms with Crippen LogP contribution in [0.4, 0.5) is 5.69 Å². The molecule has 5 rings (SSSR count). The van der Waals surface area contributed by atoms with E-state index >= 15 is 0 Å². The van der Waals surface area contributed by atoms with E-state index in [4.69, 9.17) is 9.47 Å². The Bertz CT molecular complexity index is 1730. The molecule has 0 fully saturated rings. The fourth-order valence-corrected chi connectivity index (χ4v) is 5.58. The Morgan fingerprint density at radius 1 is 0.973 bits per heavy atom. The number of nitrogens with zero attached hydrogens (tertiary/aromatic N) is 2. The van der Waals surface area contributed by atoms with Crippen LogP contribution < -0.4 is 20.2 Å². The lowest BCUT2D eigenvalue weighted by molar-refractivity contribution is -0.116. The summed E-state index contributed by atoms with van der Waals surface area (Å²) in [6.07, 6.45) is 1.20. The van der Waals surface area contributed by atoms with E-state index in [2.05, 4.69) is 10.3 Å². The molecule has 1 aliphatic heterocycles. The molecule has 2 aromatic carbocycles. The van der Waals surface area contributed by atoms with Gasteiger partial charge in [-0.15, -0.1) is 0 Å². The molecule has 0 saturated heterocycles. The van der Waals surface area contributed by atoms with Gasteiger partial charge in [0.2, 0.25) is 21.2 Å². The third-order valence-electron chi connectivity index (χ3n) is 6.25. The average Bonchev–Trinajstić information content (AvgIpc) is 2.87. The highest BCUT2D eigenvalue weighted by molar-refractivity contribution is 7.91. The maximum atomic E-state index is 13.5. The van der Waals surface area contributed by atoms with Crippen LogP contribution in [0.15, 0.2) is 69.3 Å². The normalized spacial score (nSPS) is 12.9. The Balaban J connectivity index is 1.55. The Morgan fingerprint density at radius 3 is 2.49 bits per heavy atom. The van der Waals surface area contributed by atoms with Crippen LogP contribution in [-0.2, 0) is 21.2 Å². The van der Waals surface area contributed by atoms with Crippen molar-refractivity contribution in [2.24, 2.45) is 0 Å². The molecule has 0 atom stereocenters. The number of nitrogens with one attached hydrogen (secondary N) is 1. The molecule has 0 bridgehead atoms. The summed E-state index contributed by atoms with van der Waals surface area (Å²) in [4.78, 5) is 30.4. The molecule has 2 aromatic heterocycles. The first kappa shape index (κ1) is 24.5. The molecule has 1 N–H and O–H groups in total. The summed E-state index contributed by atoms with van der Waals surface area (Å²) in [5, 5.41) is 2.90. The Hall–Kier alpha value is -4.18. The molecule has 0 unspecified atom stereocenters. The predicted molar refractivity (Wildman–Crippen MR) is 138 cm³/mol. The van der Waals surface area contributed by atoms with E-state index in [0.29, 0.717) is 36.1 Å². The van der Waals surface area contributed by atoms with Crippen LogP contribution in [0, 0.1) is 20.8 Å². The SMILES string of the molecule is Cc1ccc2c(=O)c(S(=O)(=O)c3ccc(C)c(C)c3)cn(CC(=O)Nc3ccc4c(c3)OCCO4)c2n1. The number of aryl methyl sites for hydroxylation is 3. The van der Waals surface area contributed by atoms with Gasteiger partial charge in [-0.05, 0) is 68.3 Å². The van der Waals surface area contributed by atoms with E-state index in [1.165, 1.54) is 22.9 Å². The van der Waals surface area contributed by atoms with Crippen LogP contribution >= 0.6 is 0 Å². The highest BCUT2D eigenvalue weighted by Gasteiger charge is 2.25. The number of pyridine rings is 2. The number of aromatic nitrogens is 2. The molecule has 3 heterocycles. The third kappa shape index (κ3) is 4.67. The van der Waals surface area contributed by atoms with Crippen LogP contribution in [0.3, 0.4) is 0 Å². The number of hydrogen-bond acceptors (Lipinski definition) is 7. The molecule has 0 aliphatic carbocycles. The topological polar surface area (TPSA) is 117 Å². The minimum absolute atomic E-state index is 0.0133. The summed E-state index contributed by atoms with van der Waals surface area (Å²) < 4.78 is 39.5. The number of anilines is 1. The van der Waals surface area contributed by atoms with E-state index in [-0.39, 0.29) is 22.5 Å². The second-order valence-corrected chi connectivity index (χ2v) is 10.8. The van der Waals surface area contributed by atoms with Gasteiger partial charge in [0.25, 0.3) is 0 Å². The standard InChI is InChI=1S/C27H25N3O6S/c1-16-4-7-20(12-17(16)2)37(33,34)24-14-30(27-21(26(24)32)8-5-18(3)28-27)15-25(31)29-19-6-9-22-23(13-19)36-11-10-35-22/h4-9,12-14H,10-11,15H2,1-3H3,(H,29,31). The molecule has 0 radical (unpaired) electrons. The molecule has 10 heteroatoms. The van der Waals surface area contributed by atoms with Gasteiger partial charge in [0.15, 0.2) is 11.5 Å². The van der Waals surface area contributed by atoms with Crippen molar-refractivity contribution in [3.63, 3.8) is 0 Å². The zero-order valence-electron chi connectivity index (χ0n) is 20.6. The number of sulfone groups is 1. The van der Waals surface area contributed by atoms with Crippen molar-refractivity contribution in [2.45, 2.75) is 37.1 Å². The fraction of sp³-hybridized carbons (Fsp3) is 0.222. The van der Waals surface area contributed by atoms with Crippen molar-refractivity contribution in [1.29, 1.82) is 0 Å². The quantitative estimate of drug-likeness (QED) is 0.428. The van der Waals surface area contributed by atoms with E-state index in [9.17, 15) is 18.0 Å². The van der Waals surface area contributed by atoms with Crippen LogP contribution in [-0.4, -0.2) is 37.1 Å². The molecule has 9 nitrogen and oxygen atoms in total. The van der Waals surface area contributed by atoms with Crippen LogP contribution in [0.5, 0.6) is 11.5 Å². The Kier molecular flexibility index (Phi) is 6.20. The van der Waals surface area contributed by atoms with E-state index in [0.717, 1.165) is 11.1 Å². The number of carbonyl (C=O) groups excluding carboxylic acids is 1. The number of hydrogen-bond donors (Lipinski definition) is 1. The highest BCUT2D eigenvalue weighted by Crippen LogP contribution is 2.32. The molecule has 0 spiro atoms. The van der Waals surface area contributed by atoms with Crippen LogP contribution in [0.1, 0.15) is 16.8 Å². The molecule has 1 aliphatic rings. The number of carbonyl (C=O) groups is 1. The summed E-state index contributed by atoms with van der Waals surface area (Å²) in [5.74, 6) is 0.688. The van der Waals surface area contributed by atoms with Gasteiger partial charge in [0, 0.05) is 23.6 Å². The first-order valence-corrected chi connectivity index (χ1v) is 13.1. The first-order chi connectivity index (χ1) is 17.6. The second kappa shape index (κ2) is 9.36. The monoisotopic (exact) mass is 519 g/mol. The minimum atomic E-state index is -4.16. The van der Waals surface area contributed by atoms with Crippen molar-refractivity contribution in [2.75, 3.05) is 18.5 Å². The number of ether oxygens (including phenoxy) is 2. The number of rotatable bonds is 5. The Labute approximate surface area is 213 Å². The molecule has 37 heavy (non-hydrogen) atoms. The summed E-state index contributed by atoms with van der Waals surface area (Å²) in [7, 11) is -4.16. The second-order valence-electron chi connectivity index (χ2n) is 8.93. The largest absolute Gasteiger partial charge is 0.486 e. The maximum Gasteiger partial charge on any atom is 0.244 e. The zero-order valence-corrected chi connectivity index (χ0v) is 21.4. The lowest BCUT2D eigenvalue weighted by Gasteiger charge is -2.19.